The molecule has 4 aromatic carbocycles. The summed E-state index contributed by atoms with van der Waals surface area (Å²) in [6, 6.07) is 32.6. The number of nitrogens with zero attached hydrogens (tertiary/aromatic N) is 2. The van der Waals surface area contributed by atoms with Crippen LogP contribution in [0.3, 0.4) is 0 Å². The molecule has 1 aliphatic heterocycles. The molecule has 1 fully saturated rings. The molecular weight excluding hydrogens is 576 g/mol. The fraction of sp³-hybridized carbons (Fsp3) is 0.359. The lowest BCUT2D eigenvalue weighted by atomic mass is 9.90. The number of aliphatic hydroxyl groups excluding tert-OH is 2. The first-order valence-electron chi connectivity index (χ1n) is 16.0. The van der Waals surface area contributed by atoms with Gasteiger partial charge in [-0.25, -0.2) is 4.79 Å². The van der Waals surface area contributed by atoms with Crippen molar-refractivity contribution < 1.29 is 25.2 Å². The molecule has 0 radical (unpaired) electrons. The number of hydrogen-bond acceptors (Lipinski definition) is 5. The molecular formula is C39H46N2O5. The highest BCUT2D eigenvalue weighted by molar-refractivity contribution is 5.76. The predicted octanol–water partition coefficient (Wildman–Crippen LogP) is 5.52. The summed E-state index contributed by atoms with van der Waals surface area (Å²) in [6.45, 7) is 7.22. The Bertz CT molecular complexity index is 1480. The first-order valence-corrected chi connectivity index (χ1v) is 16.0. The van der Waals surface area contributed by atoms with Gasteiger partial charge in [0, 0.05) is 13.1 Å². The Morgan fingerprint density at radius 2 is 0.891 bits per heavy atom. The molecule has 0 unspecified atom stereocenters. The van der Waals surface area contributed by atoms with Gasteiger partial charge in [-0.3, -0.25) is 0 Å². The van der Waals surface area contributed by atoms with Crippen molar-refractivity contribution in [3.8, 4) is 0 Å². The third-order valence-electron chi connectivity index (χ3n) is 8.98. The van der Waals surface area contributed by atoms with E-state index in [1.54, 1.807) is 37.5 Å². The minimum atomic E-state index is -1.25. The standard InChI is InChI=1S/C39H46N2O5/c1-38(2,45)31-19-11-17-29(21-31)25-40-33(23-27-13-7-5-8-14-27)35(42)36(43)34(24-28-15-9-6-10-16-28)41(37(40)44)26-30-18-12-20-32(22-30)39(3,4)46/h5-22,33-36,42-43,45-46H,23-26H2,1-4H3/t33-,34+,35-,36-/m0/s1. The number of carbonyl (C=O) groups excluding carboxylic acids is 1. The van der Waals surface area contributed by atoms with E-state index in [1.165, 1.54) is 0 Å². The van der Waals surface area contributed by atoms with E-state index < -0.39 is 35.5 Å². The Kier molecular flexibility index (Phi) is 9.99. The first-order chi connectivity index (χ1) is 21.8. The van der Waals surface area contributed by atoms with Crippen LogP contribution < -0.4 is 0 Å². The monoisotopic (exact) mass is 622 g/mol. The Morgan fingerprint density at radius 3 is 1.24 bits per heavy atom. The Hall–Kier alpha value is -4.01. The van der Waals surface area contributed by atoms with Crippen molar-refractivity contribution in [1.29, 1.82) is 0 Å². The van der Waals surface area contributed by atoms with E-state index in [2.05, 4.69) is 0 Å². The van der Waals surface area contributed by atoms with E-state index in [9.17, 15) is 25.2 Å². The van der Waals surface area contributed by atoms with E-state index in [0.29, 0.717) is 12.8 Å². The highest BCUT2D eigenvalue weighted by Gasteiger charge is 2.46. The zero-order valence-electron chi connectivity index (χ0n) is 27.1. The topological polar surface area (TPSA) is 104 Å². The minimum absolute atomic E-state index is 0.169. The number of benzene rings is 4. The average Bonchev–Trinajstić information content (AvgIpc) is 3.09. The minimum Gasteiger partial charge on any atom is -0.388 e. The first kappa shape index (κ1) is 33.4. The van der Waals surface area contributed by atoms with E-state index in [0.717, 1.165) is 33.4 Å². The third kappa shape index (κ3) is 7.85. The second kappa shape index (κ2) is 13.8. The van der Waals surface area contributed by atoms with Crippen molar-refractivity contribution >= 4 is 6.03 Å². The van der Waals surface area contributed by atoms with Gasteiger partial charge in [0.25, 0.3) is 0 Å². The van der Waals surface area contributed by atoms with Crippen LogP contribution in [0.2, 0.25) is 0 Å². The second-order valence-corrected chi connectivity index (χ2v) is 13.6. The van der Waals surface area contributed by atoms with Gasteiger partial charge >= 0.3 is 6.03 Å². The molecule has 0 aromatic heterocycles. The molecule has 0 bridgehead atoms. The van der Waals surface area contributed by atoms with Crippen molar-refractivity contribution in [3.05, 3.63) is 143 Å². The van der Waals surface area contributed by atoms with Gasteiger partial charge in [-0.1, -0.05) is 109 Å². The Balaban J connectivity index is 1.61. The summed E-state index contributed by atoms with van der Waals surface area (Å²) in [7, 11) is 0. The summed E-state index contributed by atoms with van der Waals surface area (Å²) in [5.41, 5.74) is 2.77. The van der Waals surface area contributed by atoms with Gasteiger partial charge in [0.2, 0.25) is 0 Å². The normalized spacial score (nSPS) is 20.9. The van der Waals surface area contributed by atoms with Crippen molar-refractivity contribution in [2.45, 2.75) is 89.1 Å². The van der Waals surface area contributed by atoms with Gasteiger partial charge in [0.1, 0.15) is 12.2 Å². The van der Waals surface area contributed by atoms with Crippen LogP contribution in [0.1, 0.15) is 61.1 Å². The molecule has 4 N–H and O–H groups in total. The van der Waals surface area contributed by atoms with Crippen LogP contribution >= 0.6 is 0 Å². The van der Waals surface area contributed by atoms with Crippen molar-refractivity contribution in [1.82, 2.24) is 9.80 Å². The van der Waals surface area contributed by atoms with Crippen LogP contribution in [0, 0.1) is 0 Å². The van der Waals surface area contributed by atoms with Crippen LogP contribution in [0.5, 0.6) is 0 Å². The molecule has 0 saturated carbocycles. The number of hydrogen-bond donors (Lipinski definition) is 4. The average molecular weight is 623 g/mol. The molecule has 0 aliphatic carbocycles. The van der Waals surface area contributed by atoms with Crippen LogP contribution in [0.25, 0.3) is 0 Å². The number of aliphatic hydroxyl groups is 4. The fourth-order valence-corrected chi connectivity index (χ4v) is 6.31. The molecule has 4 aromatic rings. The van der Waals surface area contributed by atoms with Crippen molar-refractivity contribution in [2.24, 2.45) is 0 Å². The second-order valence-electron chi connectivity index (χ2n) is 13.6. The number of amides is 2. The molecule has 46 heavy (non-hydrogen) atoms. The quantitative estimate of drug-likeness (QED) is 0.186. The summed E-state index contributed by atoms with van der Waals surface area (Å²) in [5.74, 6) is 0. The van der Waals surface area contributed by atoms with E-state index in [-0.39, 0.29) is 19.1 Å². The lowest BCUT2D eigenvalue weighted by molar-refractivity contribution is -0.0408. The zero-order valence-corrected chi connectivity index (χ0v) is 27.1. The maximum atomic E-state index is 14.9. The highest BCUT2D eigenvalue weighted by Crippen LogP contribution is 2.31. The van der Waals surface area contributed by atoms with Crippen LogP contribution in [0.15, 0.2) is 109 Å². The number of carbonyl (C=O) groups is 1. The van der Waals surface area contributed by atoms with Gasteiger partial charge in [-0.15, -0.1) is 0 Å². The van der Waals surface area contributed by atoms with Crippen LogP contribution in [-0.2, 0) is 37.1 Å². The molecule has 242 valence electrons. The molecule has 1 heterocycles. The summed E-state index contributed by atoms with van der Waals surface area (Å²) in [6.07, 6.45) is -1.81. The van der Waals surface area contributed by atoms with E-state index >= 15 is 0 Å². The van der Waals surface area contributed by atoms with Gasteiger partial charge < -0.3 is 30.2 Å². The molecule has 0 spiro atoms. The summed E-state index contributed by atoms with van der Waals surface area (Å²) in [5, 5.41) is 45.4. The van der Waals surface area contributed by atoms with E-state index in [4.69, 9.17) is 0 Å². The van der Waals surface area contributed by atoms with E-state index in [1.807, 2.05) is 109 Å². The Labute approximate surface area is 272 Å². The Morgan fingerprint density at radius 1 is 0.543 bits per heavy atom. The zero-order chi connectivity index (χ0) is 33.1. The molecule has 4 atom stereocenters. The predicted molar refractivity (Wildman–Crippen MR) is 180 cm³/mol. The molecule has 7 nitrogen and oxygen atoms in total. The molecule has 7 heteroatoms. The maximum absolute atomic E-state index is 14.9. The maximum Gasteiger partial charge on any atom is 0.321 e. The summed E-state index contributed by atoms with van der Waals surface area (Å²) < 4.78 is 0. The molecule has 5 rings (SSSR count). The molecule has 2 amide bonds. The summed E-state index contributed by atoms with van der Waals surface area (Å²) >= 11 is 0. The SMILES string of the molecule is CC(C)(O)c1cccc(CN2C(=O)N(Cc3cccc(C(C)(C)O)c3)[C@@H](Cc3ccccc3)[C@H](O)[C@@H](O)[C@H]2Cc2ccccc2)c1. The van der Waals surface area contributed by atoms with Gasteiger partial charge in [-0.05, 0) is 73.9 Å². The van der Waals surface area contributed by atoms with Gasteiger partial charge in [0.05, 0.1) is 23.3 Å². The van der Waals surface area contributed by atoms with Crippen LogP contribution in [-0.4, -0.2) is 60.5 Å². The fourth-order valence-electron chi connectivity index (χ4n) is 6.31. The summed E-state index contributed by atoms with van der Waals surface area (Å²) in [4.78, 5) is 18.3. The number of rotatable bonds is 10. The van der Waals surface area contributed by atoms with Crippen molar-refractivity contribution in [2.75, 3.05) is 0 Å². The lowest BCUT2D eigenvalue weighted by Gasteiger charge is -2.36. The third-order valence-corrected chi connectivity index (χ3v) is 8.98. The highest BCUT2D eigenvalue weighted by atomic mass is 16.3. The van der Waals surface area contributed by atoms with Crippen molar-refractivity contribution in [3.63, 3.8) is 0 Å². The van der Waals surface area contributed by atoms with Gasteiger partial charge in [-0.2, -0.15) is 0 Å². The molecule has 1 saturated heterocycles. The van der Waals surface area contributed by atoms with Gasteiger partial charge in [0.15, 0.2) is 0 Å². The lowest BCUT2D eigenvalue weighted by Crippen LogP contribution is -2.50. The number of urea groups is 1. The smallest absolute Gasteiger partial charge is 0.321 e. The molecule has 1 aliphatic rings. The van der Waals surface area contributed by atoms with Crippen LogP contribution in [0.4, 0.5) is 4.79 Å². The largest absolute Gasteiger partial charge is 0.388 e.